The molecule has 226 valence electrons. The van der Waals surface area contributed by atoms with Gasteiger partial charge in [-0.25, -0.2) is 0 Å². The second-order valence-electron chi connectivity index (χ2n) is 9.30. The van der Waals surface area contributed by atoms with Crippen LogP contribution < -0.4 is 0 Å². The highest BCUT2D eigenvalue weighted by atomic mass is 16.7. The molecule has 0 bridgehead atoms. The summed E-state index contributed by atoms with van der Waals surface area (Å²) in [6, 6.07) is -4.13. The van der Waals surface area contributed by atoms with Crippen LogP contribution >= 0.6 is 0 Å². The summed E-state index contributed by atoms with van der Waals surface area (Å²) in [6.07, 6.45) is -20.6. The molecule has 2 heterocycles. The van der Waals surface area contributed by atoms with Crippen molar-refractivity contribution in [2.75, 3.05) is 13.2 Å². The molecule has 0 aromatic rings. The predicted octanol–water partition coefficient (Wildman–Crippen LogP) is -1.88. The quantitative estimate of drug-likeness (QED) is 0.0840. The van der Waals surface area contributed by atoms with Gasteiger partial charge < -0.3 is 54.7 Å². The minimum Gasteiger partial charge on any atom is -0.394 e. The third-order valence-corrected chi connectivity index (χ3v) is 6.92. The van der Waals surface area contributed by atoms with Crippen LogP contribution in [0, 0.1) is 0 Å². The van der Waals surface area contributed by atoms with E-state index in [1.54, 1.807) is 0 Å². The Labute approximate surface area is 228 Å². The van der Waals surface area contributed by atoms with E-state index in [9.17, 15) is 35.7 Å². The van der Waals surface area contributed by atoms with Gasteiger partial charge in [0.1, 0.15) is 36.6 Å². The lowest BCUT2D eigenvalue weighted by Crippen LogP contribution is -2.65. The van der Waals surface area contributed by atoms with Crippen molar-refractivity contribution in [3.05, 3.63) is 41.8 Å². The maximum absolute atomic E-state index is 11.3. The minimum absolute atomic E-state index is 0.328. The average Bonchev–Trinajstić information content (AvgIpc) is 2.95. The van der Waals surface area contributed by atoms with E-state index in [0.29, 0.717) is 0 Å². The Morgan fingerprint density at radius 3 is 1.68 bits per heavy atom. The lowest BCUT2D eigenvalue weighted by molar-refractivity contribution is -0.331. The Morgan fingerprint density at radius 1 is 0.634 bits per heavy atom. The van der Waals surface area contributed by atoms with Crippen LogP contribution in [0.15, 0.2) is 20.5 Å². The Hall–Kier alpha value is -3.20. The summed E-state index contributed by atoms with van der Waals surface area (Å²) in [5, 5.41) is 86.3. The van der Waals surface area contributed by atoms with Crippen molar-refractivity contribution in [1.29, 1.82) is 0 Å². The first-order chi connectivity index (χ1) is 19.6. The number of ether oxygens (including phenoxy) is 4. The first-order valence-electron chi connectivity index (χ1n) is 12.1. The van der Waals surface area contributed by atoms with Crippen LogP contribution in [0.1, 0.15) is 6.42 Å². The lowest BCUT2D eigenvalue weighted by atomic mass is 9.84. The van der Waals surface area contributed by atoms with Gasteiger partial charge in [0.05, 0.1) is 55.7 Å². The van der Waals surface area contributed by atoms with Crippen molar-refractivity contribution in [2.45, 2.75) is 98.2 Å². The van der Waals surface area contributed by atoms with Crippen LogP contribution in [0.4, 0.5) is 0 Å². The van der Waals surface area contributed by atoms with Crippen molar-refractivity contribution < 1.29 is 54.7 Å². The third kappa shape index (κ3) is 7.00. The fourth-order valence-electron chi connectivity index (χ4n) is 4.84. The van der Waals surface area contributed by atoms with Gasteiger partial charge in [-0.1, -0.05) is 20.5 Å². The molecule has 1 aliphatic carbocycles. The van der Waals surface area contributed by atoms with E-state index < -0.39 is 105 Å². The van der Waals surface area contributed by atoms with Gasteiger partial charge in [0.15, 0.2) is 12.6 Å². The van der Waals surface area contributed by atoms with Gasteiger partial charge in [0.25, 0.3) is 0 Å². The first kappa shape index (κ1) is 32.3. The van der Waals surface area contributed by atoms with Gasteiger partial charge in [0.2, 0.25) is 0 Å². The summed E-state index contributed by atoms with van der Waals surface area (Å²) in [7, 11) is 0. The largest absolute Gasteiger partial charge is 0.394 e. The molecule has 8 unspecified atom stereocenters. The molecule has 23 heteroatoms. The van der Waals surface area contributed by atoms with Crippen molar-refractivity contribution in [3.63, 3.8) is 0 Å². The number of azide groups is 4. The van der Waals surface area contributed by atoms with E-state index in [0.717, 1.165) is 0 Å². The molecule has 23 nitrogen and oxygen atoms in total. The molecule has 2 aliphatic heterocycles. The molecular weight excluding hydrogens is 560 g/mol. The van der Waals surface area contributed by atoms with E-state index in [-0.39, 0.29) is 6.42 Å². The molecule has 3 aliphatic rings. The van der Waals surface area contributed by atoms with E-state index in [1.807, 2.05) is 0 Å². The third-order valence-electron chi connectivity index (χ3n) is 6.92. The van der Waals surface area contributed by atoms with Crippen LogP contribution in [-0.4, -0.2) is 141 Å². The molecule has 0 aromatic heterocycles. The summed E-state index contributed by atoms with van der Waals surface area (Å²) in [5.41, 5.74) is 35.6. The van der Waals surface area contributed by atoms with Crippen LogP contribution in [0.25, 0.3) is 41.8 Å². The topological polar surface area (TPSA) is 374 Å². The Morgan fingerprint density at radius 2 is 1.17 bits per heavy atom. The zero-order valence-electron chi connectivity index (χ0n) is 20.9. The number of hydrogen-bond donors (Lipinski definition) is 7. The Kier molecular flexibility index (Phi) is 11.5. The van der Waals surface area contributed by atoms with Gasteiger partial charge in [0, 0.05) is 19.6 Å². The van der Waals surface area contributed by atoms with Crippen LogP contribution in [0.3, 0.4) is 0 Å². The van der Waals surface area contributed by atoms with E-state index in [4.69, 9.17) is 41.1 Å². The van der Waals surface area contributed by atoms with Gasteiger partial charge in [-0.15, -0.1) is 0 Å². The van der Waals surface area contributed by atoms with Crippen LogP contribution in [0.5, 0.6) is 0 Å². The smallest absolute Gasteiger partial charge is 0.186 e. The van der Waals surface area contributed by atoms with Gasteiger partial charge in [-0.05, 0) is 28.5 Å². The molecule has 0 amide bonds. The molecule has 0 aromatic carbocycles. The second-order valence-corrected chi connectivity index (χ2v) is 9.30. The monoisotopic (exact) mass is 588 g/mol. The minimum atomic E-state index is -1.90. The molecule has 15 atom stereocenters. The van der Waals surface area contributed by atoms with E-state index >= 15 is 0 Å². The van der Waals surface area contributed by atoms with E-state index in [2.05, 4.69) is 40.1 Å². The highest BCUT2D eigenvalue weighted by Gasteiger charge is 2.53. The standard InChI is InChI=1S/C18H28N12O11/c19-27-23-2-6-10(33)12(35)13(36)18(38-6)41-16-5(25-29-21)1-4(24-28-20)15(14(16)37)40-17-11(34)8(26-30-22)9(32)7(3-31)39-17/h4-18,31-37H,1-3H2/t4-,5+,6-,7?,8+,9?,10-,11?,12?,13?,14?,15?,16-,17?,18-/m1/s1. The highest BCUT2D eigenvalue weighted by Crippen LogP contribution is 2.35. The molecule has 2 saturated heterocycles. The normalized spacial score (nSPS) is 44.3. The zero-order chi connectivity index (χ0) is 30.3. The van der Waals surface area contributed by atoms with E-state index in [1.165, 1.54) is 0 Å². The number of aliphatic hydroxyl groups excluding tert-OH is 7. The molecule has 41 heavy (non-hydrogen) atoms. The van der Waals surface area contributed by atoms with Crippen molar-refractivity contribution in [3.8, 4) is 0 Å². The summed E-state index contributed by atoms with van der Waals surface area (Å²) in [6.45, 7) is -1.26. The predicted molar refractivity (Wildman–Crippen MR) is 128 cm³/mol. The number of aliphatic hydroxyl groups is 7. The molecular formula is C18H28N12O11. The molecule has 3 fully saturated rings. The van der Waals surface area contributed by atoms with Gasteiger partial charge in [-0.3, -0.25) is 0 Å². The maximum atomic E-state index is 11.3. The van der Waals surface area contributed by atoms with Gasteiger partial charge in [-0.2, -0.15) is 0 Å². The van der Waals surface area contributed by atoms with Crippen molar-refractivity contribution in [2.24, 2.45) is 20.5 Å². The number of hydrogen-bond acceptors (Lipinski definition) is 15. The second kappa shape index (κ2) is 14.6. The summed E-state index contributed by atoms with van der Waals surface area (Å²) >= 11 is 0. The van der Waals surface area contributed by atoms with Crippen LogP contribution in [-0.2, 0) is 18.9 Å². The Balaban J connectivity index is 1.91. The number of rotatable bonds is 10. The number of nitrogens with zero attached hydrogens (tertiary/aromatic N) is 12. The fourth-order valence-corrected chi connectivity index (χ4v) is 4.84. The molecule has 0 spiro atoms. The van der Waals surface area contributed by atoms with Crippen LogP contribution in [0.2, 0.25) is 0 Å². The molecule has 7 N–H and O–H groups in total. The highest BCUT2D eigenvalue weighted by molar-refractivity contribution is 5.04. The Bertz CT molecular complexity index is 1100. The van der Waals surface area contributed by atoms with Gasteiger partial charge >= 0.3 is 0 Å². The zero-order valence-corrected chi connectivity index (χ0v) is 20.9. The first-order valence-corrected chi connectivity index (χ1v) is 12.1. The SMILES string of the molecule is [N-]=[N+]=NC[C@H]1O[C@H](O[C@H]2C(O)C(OC3OC(CO)C(O)[C@H](N=[N+]=[N-])C3O)[C@H](N=[N+]=[N-])C[C@@H]2N=[N+]=[N-])C(O)C(O)[C@@H]1O. The summed E-state index contributed by atoms with van der Waals surface area (Å²) in [5.74, 6) is 0. The maximum Gasteiger partial charge on any atom is 0.186 e. The summed E-state index contributed by atoms with van der Waals surface area (Å²) < 4.78 is 22.2. The molecule has 1 saturated carbocycles. The molecule has 0 radical (unpaired) electrons. The van der Waals surface area contributed by atoms with Crippen molar-refractivity contribution in [1.82, 2.24) is 0 Å². The lowest BCUT2D eigenvalue weighted by Gasteiger charge is -2.47. The summed E-state index contributed by atoms with van der Waals surface area (Å²) in [4.78, 5) is 10.5. The van der Waals surface area contributed by atoms with Crippen molar-refractivity contribution >= 4 is 0 Å². The average molecular weight is 588 g/mol. The molecule has 3 rings (SSSR count). The fraction of sp³-hybridized carbons (Fsp3) is 1.00.